The van der Waals surface area contributed by atoms with Crippen molar-refractivity contribution in [2.45, 2.75) is 25.3 Å². The van der Waals surface area contributed by atoms with Gasteiger partial charge in [0.05, 0.1) is 12.3 Å². The number of hydrazone groups is 1. The Hall–Kier alpha value is -2.14. The number of fused-ring (bicyclic) bond motifs is 1. The fourth-order valence-corrected chi connectivity index (χ4v) is 2.85. The molecule has 1 aliphatic heterocycles. The van der Waals surface area contributed by atoms with Crippen LogP contribution in [0.4, 0.5) is 0 Å². The van der Waals surface area contributed by atoms with Gasteiger partial charge in [-0.2, -0.15) is 5.10 Å². The van der Waals surface area contributed by atoms with Gasteiger partial charge >= 0.3 is 0 Å². The number of hydrogen-bond acceptors (Lipinski definition) is 3. The highest BCUT2D eigenvalue weighted by Crippen LogP contribution is 2.16. The number of carbonyl (C=O) groups is 1. The average molecular weight is 284 g/mol. The predicted octanol–water partition coefficient (Wildman–Crippen LogP) is 2.10. The van der Waals surface area contributed by atoms with E-state index in [1.54, 1.807) is 6.21 Å². The Morgan fingerprint density at radius 1 is 1.43 bits per heavy atom. The molecule has 3 rings (SSSR count). The van der Waals surface area contributed by atoms with E-state index >= 15 is 0 Å². The predicted molar refractivity (Wildman–Crippen MR) is 84.3 cm³/mol. The highest BCUT2D eigenvalue weighted by molar-refractivity contribution is 5.99. The summed E-state index contributed by atoms with van der Waals surface area (Å²) >= 11 is 0. The van der Waals surface area contributed by atoms with Crippen LogP contribution in [0, 0.1) is 0 Å². The molecule has 5 nitrogen and oxygen atoms in total. The topological polar surface area (TPSA) is 60.5 Å². The molecule has 1 atom stereocenters. The average Bonchev–Trinajstić information content (AvgIpc) is 2.91. The Morgan fingerprint density at radius 2 is 2.29 bits per heavy atom. The zero-order chi connectivity index (χ0) is 14.7. The normalized spacial score (nSPS) is 20.1. The van der Waals surface area contributed by atoms with E-state index in [-0.39, 0.29) is 11.9 Å². The van der Waals surface area contributed by atoms with Crippen molar-refractivity contribution < 1.29 is 4.79 Å². The first-order valence-corrected chi connectivity index (χ1v) is 7.35. The van der Waals surface area contributed by atoms with Gasteiger partial charge in [-0.05, 0) is 32.5 Å². The molecule has 0 aliphatic carbocycles. The minimum Gasteiger partial charge on any atom is -0.361 e. The quantitative estimate of drug-likeness (QED) is 0.670. The number of carbonyl (C=O) groups excluding carboxylic acids is 1. The van der Waals surface area contributed by atoms with E-state index in [2.05, 4.69) is 20.4 Å². The van der Waals surface area contributed by atoms with Gasteiger partial charge in [0.15, 0.2) is 0 Å². The van der Waals surface area contributed by atoms with E-state index < -0.39 is 0 Å². The maximum atomic E-state index is 12.1. The van der Waals surface area contributed by atoms with Gasteiger partial charge < -0.3 is 4.98 Å². The number of aromatic nitrogens is 1. The first kappa shape index (κ1) is 13.8. The number of likely N-dealkylation sites (N-methyl/N-ethyl adjacent to an activating group) is 1. The molecule has 1 saturated heterocycles. The molecular weight excluding hydrogens is 264 g/mol. The van der Waals surface area contributed by atoms with Crippen molar-refractivity contribution in [2.24, 2.45) is 5.10 Å². The third kappa shape index (κ3) is 2.97. The maximum absolute atomic E-state index is 12.1. The van der Waals surface area contributed by atoms with Crippen molar-refractivity contribution in [3.8, 4) is 0 Å². The molecule has 1 aromatic heterocycles. The number of H-pyrrole nitrogens is 1. The Morgan fingerprint density at radius 3 is 3.14 bits per heavy atom. The molecule has 1 unspecified atom stereocenters. The molecule has 2 heterocycles. The van der Waals surface area contributed by atoms with E-state index in [0.29, 0.717) is 0 Å². The molecule has 1 aromatic carbocycles. The lowest BCUT2D eigenvalue weighted by Crippen LogP contribution is -2.46. The molecule has 21 heavy (non-hydrogen) atoms. The Kier molecular flexibility index (Phi) is 4.01. The highest BCUT2D eigenvalue weighted by atomic mass is 16.2. The first-order valence-electron chi connectivity index (χ1n) is 7.35. The van der Waals surface area contributed by atoms with Gasteiger partial charge in [-0.3, -0.25) is 9.69 Å². The summed E-state index contributed by atoms with van der Waals surface area (Å²) < 4.78 is 0. The molecule has 2 aromatic rings. The van der Waals surface area contributed by atoms with E-state index in [9.17, 15) is 4.79 Å². The second-order valence-electron chi connectivity index (χ2n) is 5.52. The maximum Gasteiger partial charge on any atom is 0.257 e. The van der Waals surface area contributed by atoms with Crippen LogP contribution >= 0.6 is 0 Å². The number of nitrogens with one attached hydrogen (secondary N) is 2. The van der Waals surface area contributed by atoms with Crippen LogP contribution < -0.4 is 5.43 Å². The summed E-state index contributed by atoms with van der Waals surface area (Å²) in [6.45, 7) is 0.976. The fourth-order valence-electron chi connectivity index (χ4n) is 2.85. The molecule has 1 fully saturated rings. The van der Waals surface area contributed by atoms with Gasteiger partial charge in [-0.25, -0.2) is 5.43 Å². The molecule has 0 radical (unpaired) electrons. The van der Waals surface area contributed by atoms with Crippen LogP contribution in [0.5, 0.6) is 0 Å². The first-order chi connectivity index (χ1) is 10.3. The Balaban J connectivity index is 1.65. The van der Waals surface area contributed by atoms with Crippen LogP contribution in [0.2, 0.25) is 0 Å². The minimum absolute atomic E-state index is 0.0201. The van der Waals surface area contributed by atoms with Crippen molar-refractivity contribution in [3.05, 3.63) is 36.0 Å². The summed E-state index contributed by atoms with van der Waals surface area (Å²) in [5, 5.41) is 5.20. The molecule has 5 heteroatoms. The van der Waals surface area contributed by atoms with Crippen molar-refractivity contribution in [3.63, 3.8) is 0 Å². The van der Waals surface area contributed by atoms with Crippen LogP contribution in [-0.4, -0.2) is 41.6 Å². The van der Waals surface area contributed by atoms with Gasteiger partial charge in [0, 0.05) is 22.7 Å². The highest BCUT2D eigenvalue weighted by Gasteiger charge is 2.25. The summed E-state index contributed by atoms with van der Waals surface area (Å²) in [4.78, 5) is 17.4. The second-order valence-corrected chi connectivity index (χ2v) is 5.52. The van der Waals surface area contributed by atoms with Gasteiger partial charge in [0.1, 0.15) is 0 Å². The number of nitrogens with zero attached hydrogens (tertiary/aromatic N) is 2. The Bertz CT molecular complexity index is 661. The minimum atomic E-state index is -0.0566. The van der Waals surface area contributed by atoms with Crippen LogP contribution in [0.3, 0.4) is 0 Å². The lowest BCUT2D eigenvalue weighted by atomic mass is 10.0. The zero-order valence-electron chi connectivity index (χ0n) is 12.2. The smallest absolute Gasteiger partial charge is 0.257 e. The third-order valence-electron chi connectivity index (χ3n) is 4.07. The van der Waals surface area contributed by atoms with Gasteiger partial charge in [0.25, 0.3) is 5.91 Å². The fraction of sp³-hybridized carbons (Fsp3) is 0.375. The van der Waals surface area contributed by atoms with Crippen LogP contribution in [0.15, 0.2) is 35.6 Å². The number of aromatic amines is 1. The molecule has 110 valence electrons. The van der Waals surface area contributed by atoms with E-state index in [4.69, 9.17) is 0 Å². The summed E-state index contributed by atoms with van der Waals surface area (Å²) in [5.41, 5.74) is 4.70. The summed E-state index contributed by atoms with van der Waals surface area (Å²) in [5.74, 6) is -0.0201. The SMILES string of the molecule is CN1CCCCC1C(=O)NN=Cc1c[nH]c2ccccc12. The summed E-state index contributed by atoms with van der Waals surface area (Å²) in [6.07, 6.45) is 6.77. The monoisotopic (exact) mass is 284 g/mol. The van der Waals surface area contributed by atoms with Crippen LogP contribution in [0.1, 0.15) is 24.8 Å². The van der Waals surface area contributed by atoms with Crippen molar-refractivity contribution in [2.75, 3.05) is 13.6 Å². The number of para-hydroxylation sites is 1. The van der Waals surface area contributed by atoms with E-state index in [0.717, 1.165) is 35.9 Å². The summed E-state index contributed by atoms with van der Waals surface area (Å²) in [6, 6.07) is 7.97. The number of amides is 1. The lowest BCUT2D eigenvalue weighted by molar-refractivity contribution is -0.126. The van der Waals surface area contributed by atoms with Crippen LogP contribution in [0.25, 0.3) is 10.9 Å². The van der Waals surface area contributed by atoms with Crippen molar-refractivity contribution in [1.82, 2.24) is 15.3 Å². The zero-order valence-corrected chi connectivity index (χ0v) is 12.2. The van der Waals surface area contributed by atoms with Gasteiger partial charge in [-0.15, -0.1) is 0 Å². The van der Waals surface area contributed by atoms with Gasteiger partial charge in [-0.1, -0.05) is 24.6 Å². The molecule has 0 spiro atoms. The van der Waals surface area contributed by atoms with E-state index in [1.807, 2.05) is 37.5 Å². The lowest BCUT2D eigenvalue weighted by Gasteiger charge is -2.30. The van der Waals surface area contributed by atoms with Crippen LogP contribution in [-0.2, 0) is 4.79 Å². The van der Waals surface area contributed by atoms with Crippen molar-refractivity contribution >= 4 is 23.0 Å². The standard InChI is InChI=1S/C16H20N4O/c1-20-9-5-4-8-15(20)16(21)19-18-11-12-10-17-14-7-3-2-6-13(12)14/h2-3,6-7,10-11,15,17H,4-5,8-9H2,1H3,(H,19,21). The molecule has 1 amide bonds. The third-order valence-corrected chi connectivity index (χ3v) is 4.07. The summed E-state index contributed by atoms with van der Waals surface area (Å²) in [7, 11) is 1.99. The number of rotatable bonds is 3. The van der Waals surface area contributed by atoms with Gasteiger partial charge in [0.2, 0.25) is 0 Å². The number of likely N-dealkylation sites (tertiary alicyclic amines) is 1. The number of hydrogen-bond donors (Lipinski definition) is 2. The second kappa shape index (κ2) is 6.10. The molecule has 0 saturated carbocycles. The van der Waals surface area contributed by atoms with E-state index in [1.165, 1.54) is 6.42 Å². The molecule has 1 aliphatic rings. The molecule has 2 N–H and O–H groups in total. The number of piperidine rings is 1. The Labute approximate surface area is 124 Å². The van der Waals surface area contributed by atoms with Crippen molar-refractivity contribution in [1.29, 1.82) is 0 Å². The molecule has 0 bridgehead atoms. The molecular formula is C16H20N4O. The number of benzene rings is 1. The largest absolute Gasteiger partial charge is 0.361 e.